The lowest BCUT2D eigenvalue weighted by molar-refractivity contribution is 0.191. The lowest BCUT2D eigenvalue weighted by atomic mass is 10.2. The highest BCUT2D eigenvalue weighted by Gasteiger charge is 2.25. The molecule has 3 aromatic rings. The number of rotatable bonds is 7. The van der Waals surface area contributed by atoms with Crippen molar-refractivity contribution >= 4 is 28.4 Å². The summed E-state index contributed by atoms with van der Waals surface area (Å²) in [6.07, 6.45) is 3.70. The summed E-state index contributed by atoms with van der Waals surface area (Å²) in [5.41, 5.74) is 1.92. The molecule has 4 heterocycles. The predicted octanol–water partition coefficient (Wildman–Crippen LogP) is 2.93. The third kappa shape index (κ3) is 5.57. The summed E-state index contributed by atoms with van der Waals surface area (Å²) in [4.78, 5) is 24.7. The van der Waals surface area contributed by atoms with Crippen LogP contribution in [0.4, 0.5) is 16.3 Å². The molecule has 2 aliphatic heterocycles. The molecule has 9 nitrogen and oxygen atoms in total. The third-order valence-electron chi connectivity index (χ3n) is 6.84. The Morgan fingerprint density at radius 3 is 2.67 bits per heavy atom. The molecule has 2 saturated heterocycles. The van der Waals surface area contributed by atoms with E-state index in [0.717, 1.165) is 74.0 Å². The maximum atomic E-state index is 13.5. The Morgan fingerprint density at radius 2 is 1.89 bits per heavy atom. The van der Waals surface area contributed by atoms with Crippen molar-refractivity contribution in [2.75, 3.05) is 75.7 Å². The Hall–Kier alpha value is -3.30. The van der Waals surface area contributed by atoms with Crippen molar-refractivity contribution in [3.05, 3.63) is 48.8 Å². The Morgan fingerprint density at radius 1 is 1.08 bits per heavy atom. The molecule has 1 amide bonds. The SMILES string of the molecule is CC(C)Nc1cccnc1N1CCN(C(=O)n2ccc3ccc(OCCN4CCNCC4)cc32)CC1. The summed E-state index contributed by atoms with van der Waals surface area (Å²) in [5.74, 6) is 1.75. The van der Waals surface area contributed by atoms with Gasteiger partial charge in [-0.3, -0.25) is 9.47 Å². The van der Waals surface area contributed by atoms with Crippen LogP contribution in [-0.2, 0) is 0 Å². The highest BCUT2D eigenvalue weighted by Crippen LogP contribution is 2.26. The number of hydrogen-bond donors (Lipinski definition) is 2. The Kier molecular flexibility index (Phi) is 7.58. The molecule has 0 radical (unpaired) electrons. The first kappa shape index (κ1) is 24.4. The fourth-order valence-corrected chi connectivity index (χ4v) is 4.93. The Labute approximate surface area is 213 Å². The predicted molar refractivity (Wildman–Crippen MR) is 144 cm³/mol. The summed E-state index contributed by atoms with van der Waals surface area (Å²) in [5, 5.41) is 7.89. The van der Waals surface area contributed by atoms with Gasteiger partial charge in [0.2, 0.25) is 0 Å². The second-order valence-electron chi connectivity index (χ2n) is 9.78. The lowest BCUT2D eigenvalue weighted by Gasteiger charge is -2.36. The third-order valence-corrected chi connectivity index (χ3v) is 6.84. The quantitative estimate of drug-likeness (QED) is 0.526. The first-order chi connectivity index (χ1) is 17.6. The number of amides is 1. The van der Waals surface area contributed by atoms with Crippen molar-refractivity contribution in [1.29, 1.82) is 0 Å². The molecule has 0 saturated carbocycles. The molecule has 0 spiro atoms. The van der Waals surface area contributed by atoms with Crippen LogP contribution in [0.2, 0.25) is 0 Å². The van der Waals surface area contributed by atoms with E-state index in [1.165, 1.54) is 0 Å². The molecular weight excluding hydrogens is 454 g/mol. The monoisotopic (exact) mass is 491 g/mol. The van der Waals surface area contributed by atoms with E-state index in [1.54, 1.807) is 4.57 Å². The normalized spacial score (nSPS) is 17.1. The van der Waals surface area contributed by atoms with Gasteiger partial charge in [0.1, 0.15) is 12.4 Å². The van der Waals surface area contributed by atoms with Crippen LogP contribution >= 0.6 is 0 Å². The largest absolute Gasteiger partial charge is 0.492 e. The standard InChI is InChI=1S/C27H37N7O2/c1-21(2)30-24-4-3-8-29-26(24)32-14-16-33(17-15-32)27(35)34-11-7-22-5-6-23(20-25(22)34)36-19-18-31-12-9-28-10-13-31/h3-8,11,20-21,28,30H,9-10,12-19H2,1-2H3. The van der Waals surface area contributed by atoms with Crippen LogP contribution in [0.5, 0.6) is 5.75 Å². The van der Waals surface area contributed by atoms with E-state index in [9.17, 15) is 4.79 Å². The summed E-state index contributed by atoms with van der Waals surface area (Å²) in [6.45, 7) is 12.8. The molecule has 0 unspecified atom stereocenters. The summed E-state index contributed by atoms with van der Waals surface area (Å²) in [6, 6.07) is 12.3. The van der Waals surface area contributed by atoms with Crippen molar-refractivity contribution in [3.63, 3.8) is 0 Å². The maximum Gasteiger partial charge on any atom is 0.328 e. The highest BCUT2D eigenvalue weighted by atomic mass is 16.5. The van der Waals surface area contributed by atoms with Gasteiger partial charge in [-0.2, -0.15) is 0 Å². The number of carbonyl (C=O) groups excluding carboxylic acids is 1. The zero-order chi connectivity index (χ0) is 24.9. The van der Waals surface area contributed by atoms with E-state index in [4.69, 9.17) is 4.74 Å². The van der Waals surface area contributed by atoms with Gasteiger partial charge in [-0.05, 0) is 44.2 Å². The highest BCUT2D eigenvalue weighted by molar-refractivity contribution is 5.92. The van der Waals surface area contributed by atoms with Gasteiger partial charge in [0.25, 0.3) is 0 Å². The molecule has 9 heteroatoms. The van der Waals surface area contributed by atoms with Gasteiger partial charge in [0.15, 0.2) is 5.82 Å². The molecule has 5 rings (SSSR count). The first-order valence-corrected chi connectivity index (χ1v) is 13.0. The van der Waals surface area contributed by atoms with Gasteiger partial charge < -0.3 is 25.2 Å². The maximum absolute atomic E-state index is 13.5. The molecule has 192 valence electrons. The van der Waals surface area contributed by atoms with Crippen molar-refractivity contribution in [1.82, 2.24) is 24.7 Å². The average Bonchev–Trinajstić information content (AvgIpc) is 3.32. The van der Waals surface area contributed by atoms with Crippen molar-refractivity contribution in [2.24, 2.45) is 0 Å². The second kappa shape index (κ2) is 11.2. The fourth-order valence-electron chi connectivity index (χ4n) is 4.93. The Balaban J connectivity index is 1.21. The molecular formula is C27H37N7O2. The van der Waals surface area contributed by atoms with E-state index in [1.807, 2.05) is 47.6 Å². The minimum Gasteiger partial charge on any atom is -0.492 e. The molecule has 0 bridgehead atoms. The number of piperazine rings is 2. The molecule has 2 aromatic heterocycles. The topological polar surface area (TPSA) is 77.9 Å². The average molecular weight is 492 g/mol. The van der Waals surface area contributed by atoms with E-state index in [0.29, 0.717) is 25.7 Å². The number of ether oxygens (including phenoxy) is 1. The van der Waals surface area contributed by atoms with E-state index in [-0.39, 0.29) is 6.03 Å². The van der Waals surface area contributed by atoms with Gasteiger partial charge in [-0.1, -0.05) is 0 Å². The molecule has 2 aliphatic rings. The summed E-state index contributed by atoms with van der Waals surface area (Å²) in [7, 11) is 0. The first-order valence-electron chi connectivity index (χ1n) is 13.0. The van der Waals surface area contributed by atoms with Gasteiger partial charge in [0.05, 0.1) is 11.2 Å². The zero-order valence-electron chi connectivity index (χ0n) is 21.3. The van der Waals surface area contributed by atoms with Crippen LogP contribution in [0.3, 0.4) is 0 Å². The second-order valence-corrected chi connectivity index (χ2v) is 9.78. The van der Waals surface area contributed by atoms with Gasteiger partial charge >= 0.3 is 6.03 Å². The molecule has 2 N–H and O–H groups in total. The van der Waals surface area contributed by atoms with Crippen molar-refractivity contribution in [3.8, 4) is 5.75 Å². The van der Waals surface area contributed by atoms with Crippen molar-refractivity contribution < 1.29 is 9.53 Å². The van der Waals surface area contributed by atoms with Crippen LogP contribution < -0.4 is 20.3 Å². The molecule has 2 fully saturated rings. The van der Waals surface area contributed by atoms with Crippen LogP contribution in [0.15, 0.2) is 48.8 Å². The number of pyridine rings is 1. The van der Waals surface area contributed by atoms with Crippen LogP contribution in [0.1, 0.15) is 13.8 Å². The van der Waals surface area contributed by atoms with E-state index >= 15 is 0 Å². The van der Waals surface area contributed by atoms with Gasteiger partial charge in [-0.25, -0.2) is 9.78 Å². The molecule has 36 heavy (non-hydrogen) atoms. The molecule has 0 atom stereocenters. The Bertz CT molecular complexity index is 1160. The number of nitrogens with one attached hydrogen (secondary N) is 2. The number of carbonyl (C=O) groups is 1. The number of anilines is 2. The van der Waals surface area contributed by atoms with Crippen LogP contribution in [0, 0.1) is 0 Å². The van der Waals surface area contributed by atoms with E-state index in [2.05, 4.69) is 45.3 Å². The number of fused-ring (bicyclic) bond motifs is 1. The molecule has 0 aliphatic carbocycles. The number of nitrogens with zero attached hydrogens (tertiary/aromatic N) is 5. The van der Waals surface area contributed by atoms with Crippen molar-refractivity contribution in [2.45, 2.75) is 19.9 Å². The number of hydrogen-bond acceptors (Lipinski definition) is 7. The minimum atomic E-state index is 0.00386. The van der Waals surface area contributed by atoms with Crippen LogP contribution in [-0.4, -0.2) is 96.9 Å². The number of aromatic nitrogens is 2. The molecule has 1 aromatic carbocycles. The fraction of sp³-hybridized carbons (Fsp3) is 0.481. The zero-order valence-corrected chi connectivity index (χ0v) is 21.3. The van der Waals surface area contributed by atoms with E-state index < -0.39 is 0 Å². The van der Waals surface area contributed by atoms with Crippen LogP contribution in [0.25, 0.3) is 10.9 Å². The smallest absolute Gasteiger partial charge is 0.328 e. The van der Waals surface area contributed by atoms with Gasteiger partial charge in [-0.15, -0.1) is 0 Å². The minimum absolute atomic E-state index is 0.00386. The van der Waals surface area contributed by atoms with Gasteiger partial charge in [0, 0.05) is 88.8 Å². The number of benzene rings is 1. The summed E-state index contributed by atoms with van der Waals surface area (Å²) >= 11 is 0. The summed E-state index contributed by atoms with van der Waals surface area (Å²) < 4.78 is 7.80. The lowest BCUT2D eigenvalue weighted by Crippen LogP contribution is -2.50.